The molecule has 0 radical (unpaired) electrons. The van der Waals surface area contributed by atoms with Crippen LogP contribution in [0.3, 0.4) is 0 Å². The number of pyridine rings is 1. The number of aliphatic hydroxyl groups excluding tert-OH is 2. The second kappa shape index (κ2) is 12.6. The van der Waals surface area contributed by atoms with Gasteiger partial charge in [-0.05, 0) is 41.2 Å². The first-order valence-corrected chi connectivity index (χ1v) is 13.7. The van der Waals surface area contributed by atoms with Crippen molar-refractivity contribution in [2.45, 2.75) is 44.1 Å². The summed E-state index contributed by atoms with van der Waals surface area (Å²) in [5, 5.41) is 24.9. The zero-order chi connectivity index (χ0) is 26.3. The maximum Gasteiger partial charge on any atom is 0.224 e. The van der Waals surface area contributed by atoms with Crippen LogP contribution >= 0.6 is 0 Å². The van der Waals surface area contributed by atoms with E-state index < -0.39 is 18.2 Å². The molecule has 2 unspecified atom stereocenters. The maximum atomic E-state index is 13.5. The number of nitrogens with zero attached hydrogens (tertiary/aromatic N) is 3. The van der Waals surface area contributed by atoms with Crippen LogP contribution in [0.15, 0.2) is 79.1 Å². The number of carbonyl (C=O) groups excluding carboxylic acids is 1. The van der Waals surface area contributed by atoms with Crippen molar-refractivity contribution in [2.24, 2.45) is 5.92 Å². The highest BCUT2D eigenvalue weighted by molar-refractivity contribution is 5.79. The van der Waals surface area contributed by atoms with Crippen LogP contribution in [0.1, 0.15) is 34.7 Å². The molecule has 3 N–H and O–H groups in total. The van der Waals surface area contributed by atoms with Crippen LogP contribution in [-0.4, -0.2) is 75.8 Å². The molecule has 1 aromatic heterocycles. The number of fused-ring (bicyclic) bond motifs is 1. The third-order valence-electron chi connectivity index (χ3n) is 7.82. The smallest absolute Gasteiger partial charge is 0.224 e. The van der Waals surface area contributed by atoms with E-state index in [4.69, 9.17) is 0 Å². The molecule has 1 saturated heterocycles. The highest BCUT2D eigenvalue weighted by atomic mass is 16.3. The number of β-amino-alcohol motifs (C(OH)–C–C–N with tert-alkyl or cyclic N) is 1. The van der Waals surface area contributed by atoms with E-state index in [9.17, 15) is 15.0 Å². The lowest BCUT2D eigenvalue weighted by Gasteiger charge is -2.36. The fourth-order valence-electron chi connectivity index (χ4n) is 5.78. The molecule has 1 aliphatic carbocycles. The molecule has 3 aromatic rings. The first kappa shape index (κ1) is 26.5. The Labute approximate surface area is 225 Å². The minimum atomic E-state index is -0.637. The topological polar surface area (TPSA) is 88.9 Å². The molecule has 2 aromatic carbocycles. The minimum absolute atomic E-state index is 0.116. The van der Waals surface area contributed by atoms with Crippen LogP contribution in [0.5, 0.6) is 0 Å². The Morgan fingerprint density at radius 2 is 1.66 bits per heavy atom. The molecule has 7 heteroatoms. The summed E-state index contributed by atoms with van der Waals surface area (Å²) in [5.41, 5.74) is 4.34. The van der Waals surface area contributed by atoms with E-state index in [-0.39, 0.29) is 11.8 Å². The lowest BCUT2D eigenvalue weighted by Crippen LogP contribution is -2.48. The SMILES string of the molecule is O=C(NC1c2ccccc2C[C@H]1O)C(Cc1ccccc1)C[C@H](O)CN1CCN(Cc2cccnc2)CC1. The van der Waals surface area contributed by atoms with Crippen LogP contribution < -0.4 is 5.32 Å². The van der Waals surface area contributed by atoms with Gasteiger partial charge in [-0.25, -0.2) is 0 Å². The molecular formula is C31H38N4O3. The van der Waals surface area contributed by atoms with Gasteiger partial charge < -0.3 is 15.5 Å². The summed E-state index contributed by atoms with van der Waals surface area (Å²) in [4.78, 5) is 22.5. The molecule has 0 saturated carbocycles. The molecule has 0 bridgehead atoms. The van der Waals surface area contributed by atoms with Gasteiger partial charge in [-0.3, -0.25) is 19.6 Å². The largest absolute Gasteiger partial charge is 0.392 e. The Balaban J connectivity index is 1.18. The standard InChI is InChI=1S/C31H38N4O3/c36-27(22-35-15-13-34(14-16-35)21-24-9-6-12-32-20-24)18-26(17-23-7-2-1-3-8-23)31(38)33-30-28-11-5-4-10-25(28)19-29(30)37/h1-12,20,26-27,29-30,36-37H,13-19,21-22H2,(H,33,38)/t26?,27-,29+,30?/m0/s1. The van der Waals surface area contributed by atoms with Crippen LogP contribution in [0.25, 0.3) is 0 Å². The molecule has 1 aliphatic heterocycles. The average molecular weight is 515 g/mol. The van der Waals surface area contributed by atoms with E-state index in [2.05, 4.69) is 26.2 Å². The molecule has 4 atom stereocenters. The first-order valence-electron chi connectivity index (χ1n) is 13.7. The highest BCUT2D eigenvalue weighted by Crippen LogP contribution is 2.32. The third kappa shape index (κ3) is 6.85. The quantitative estimate of drug-likeness (QED) is 0.386. The Hall–Kier alpha value is -3.10. The predicted octanol–water partition coefficient (Wildman–Crippen LogP) is 2.58. The van der Waals surface area contributed by atoms with Crippen LogP contribution in [0.4, 0.5) is 0 Å². The van der Waals surface area contributed by atoms with Crippen molar-refractivity contribution >= 4 is 5.91 Å². The van der Waals surface area contributed by atoms with Gasteiger partial charge in [0.15, 0.2) is 0 Å². The summed E-state index contributed by atoms with van der Waals surface area (Å²) in [6.07, 6.45) is 3.93. The number of benzene rings is 2. The van der Waals surface area contributed by atoms with E-state index in [1.165, 1.54) is 5.56 Å². The zero-order valence-corrected chi connectivity index (χ0v) is 21.8. The highest BCUT2D eigenvalue weighted by Gasteiger charge is 2.34. The van der Waals surface area contributed by atoms with Crippen LogP contribution in [0.2, 0.25) is 0 Å². The number of rotatable bonds is 10. The maximum absolute atomic E-state index is 13.5. The number of amides is 1. The second-order valence-electron chi connectivity index (χ2n) is 10.7. The normalized spacial score (nSPS) is 21.5. The summed E-state index contributed by atoms with van der Waals surface area (Å²) in [7, 11) is 0. The lowest BCUT2D eigenvalue weighted by molar-refractivity contribution is -0.127. The molecule has 1 amide bonds. The molecular weight excluding hydrogens is 476 g/mol. The molecule has 2 aliphatic rings. The van der Waals surface area contributed by atoms with Gasteiger partial charge in [0, 0.05) is 64.0 Å². The van der Waals surface area contributed by atoms with Crippen molar-refractivity contribution < 1.29 is 15.0 Å². The Kier molecular flexibility index (Phi) is 8.81. The Morgan fingerprint density at radius 1 is 0.947 bits per heavy atom. The molecule has 0 spiro atoms. The third-order valence-corrected chi connectivity index (χ3v) is 7.82. The van der Waals surface area contributed by atoms with Gasteiger partial charge in [0.2, 0.25) is 5.91 Å². The number of carbonyl (C=O) groups is 1. The Morgan fingerprint density at radius 3 is 2.42 bits per heavy atom. The van der Waals surface area contributed by atoms with E-state index >= 15 is 0 Å². The van der Waals surface area contributed by atoms with Crippen molar-refractivity contribution in [2.75, 3.05) is 32.7 Å². The molecule has 2 heterocycles. The number of piperazine rings is 1. The van der Waals surface area contributed by atoms with Gasteiger partial charge in [0.1, 0.15) is 0 Å². The fourth-order valence-corrected chi connectivity index (χ4v) is 5.78. The average Bonchev–Trinajstić information content (AvgIpc) is 3.25. The van der Waals surface area contributed by atoms with Crippen LogP contribution in [-0.2, 0) is 24.2 Å². The van der Waals surface area contributed by atoms with Crippen molar-refractivity contribution in [1.29, 1.82) is 0 Å². The number of hydrogen-bond donors (Lipinski definition) is 3. The van der Waals surface area contributed by atoms with Gasteiger partial charge >= 0.3 is 0 Å². The van der Waals surface area contributed by atoms with E-state index in [1.54, 1.807) is 6.20 Å². The molecule has 5 rings (SSSR count). The van der Waals surface area contributed by atoms with Crippen molar-refractivity contribution in [3.63, 3.8) is 0 Å². The van der Waals surface area contributed by atoms with E-state index in [0.29, 0.717) is 25.8 Å². The summed E-state index contributed by atoms with van der Waals surface area (Å²) in [6.45, 7) is 5.09. The number of aliphatic hydroxyl groups is 2. The van der Waals surface area contributed by atoms with Crippen molar-refractivity contribution in [3.8, 4) is 0 Å². The van der Waals surface area contributed by atoms with Crippen molar-refractivity contribution in [3.05, 3.63) is 101 Å². The summed E-state index contributed by atoms with van der Waals surface area (Å²) < 4.78 is 0. The first-order chi connectivity index (χ1) is 18.5. The monoisotopic (exact) mass is 514 g/mol. The number of aromatic nitrogens is 1. The van der Waals surface area contributed by atoms with Gasteiger partial charge in [-0.1, -0.05) is 60.7 Å². The van der Waals surface area contributed by atoms with E-state index in [0.717, 1.165) is 49.4 Å². The predicted molar refractivity (Wildman–Crippen MR) is 147 cm³/mol. The minimum Gasteiger partial charge on any atom is -0.392 e. The van der Waals surface area contributed by atoms with Gasteiger partial charge in [-0.15, -0.1) is 0 Å². The molecule has 1 fully saturated rings. The number of hydrogen-bond acceptors (Lipinski definition) is 6. The van der Waals surface area contributed by atoms with Crippen LogP contribution in [0, 0.1) is 5.92 Å². The lowest BCUT2D eigenvalue weighted by atomic mass is 9.92. The fraction of sp³-hybridized carbons (Fsp3) is 0.419. The second-order valence-corrected chi connectivity index (χ2v) is 10.7. The summed E-state index contributed by atoms with van der Waals surface area (Å²) in [5.74, 6) is -0.505. The molecule has 200 valence electrons. The zero-order valence-electron chi connectivity index (χ0n) is 21.8. The number of nitrogens with one attached hydrogen (secondary N) is 1. The van der Waals surface area contributed by atoms with Gasteiger partial charge in [0.25, 0.3) is 0 Å². The Bertz CT molecular complexity index is 1170. The van der Waals surface area contributed by atoms with Gasteiger partial charge in [-0.2, -0.15) is 0 Å². The van der Waals surface area contributed by atoms with Gasteiger partial charge in [0.05, 0.1) is 18.2 Å². The van der Waals surface area contributed by atoms with E-state index in [1.807, 2.05) is 66.9 Å². The van der Waals surface area contributed by atoms with Crippen molar-refractivity contribution in [1.82, 2.24) is 20.1 Å². The summed E-state index contributed by atoms with van der Waals surface area (Å²) >= 11 is 0. The molecule has 7 nitrogen and oxygen atoms in total. The summed E-state index contributed by atoms with van der Waals surface area (Å²) in [6, 6.07) is 21.5. The molecule has 38 heavy (non-hydrogen) atoms.